The smallest absolute Gasteiger partial charge is 0.325 e. The van der Waals surface area contributed by atoms with Crippen molar-refractivity contribution in [3.8, 4) is 0 Å². The molecule has 2 aliphatic rings. The van der Waals surface area contributed by atoms with Crippen molar-refractivity contribution in [2.45, 2.75) is 51.1 Å². The lowest BCUT2D eigenvalue weighted by molar-refractivity contribution is -0.146. The molecule has 1 aromatic heterocycles. The highest BCUT2D eigenvalue weighted by Gasteiger charge is 2.39. The third-order valence-electron chi connectivity index (χ3n) is 4.73. The summed E-state index contributed by atoms with van der Waals surface area (Å²) in [7, 11) is 0. The van der Waals surface area contributed by atoms with E-state index in [0.717, 1.165) is 24.9 Å². The van der Waals surface area contributed by atoms with Crippen molar-refractivity contribution in [3.05, 3.63) is 21.9 Å². The van der Waals surface area contributed by atoms with E-state index in [1.165, 1.54) is 24.1 Å². The third-order valence-corrected chi connectivity index (χ3v) is 5.73. The molecule has 0 spiro atoms. The van der Waals surface area contributed by atoms with Crippen LogP contribution in [0.2, 0.25) is 0 Å². The Kier molecular flexibility index (Phi) is 3.63. The van der Waals surface area contributed by atoms with Crippen LogP contribution in [0.25, 0.3) is 0 Å². The number of aliphatic carboxylic acids is 1. The molecule has 1 N–H and O–H groups in total. The fourth-order valence-corrected chi connectivity index (χ4v) is 4.66. The Morgan fingerprint density at radius 1 is 1.42 bits per heavy atom. The lowest BCUT2D eigenvalue weighted by Gasteiger charge is -2.43. The molecule has 3 unspecified atom stereocenters. The second-order valence-corrected chi connectivity index (χ2v) is 6.86. The fraction of sp³-hybridized carbons (Fsp3) is 0.667. The molecule has 1 fully saturated rings. The van der Waals surface area contributed by atoms with Gasteiger partial charge < -0.3 is 5.11 Å². The number of hydrogen-bond acceptors (Lipinski definition) is 3. The number of nitrogens with zero attached hydrogens (tertiary/aromatic N) is 1. The lowest BCUT2D eigenvalue weighted by Crippen LogP contribution is -2.49. The minimum absolute atomic E-state index is 0.416. The molecule has 0 radical (unpaired) electrons. The first-order chi connectivity index (χ1) is 9.18. The van der Waals surface area contributed by atoms with Crippen molar-refractivity contribution < 1.29 is 9.90 Å². The lowest BCUT2D eigenvalue weighted by atomic mass is 9.82. The molecular weight excluding hydrogens is 258 g/mol. The van der Waals surface area contributed by atoms with Crippen molar-refractivity contribution in [2.24, 2.45) is 5.92 Å². The zero-order valence-corrected chi connectivity index (χ0v) is 12.2. The van der Waals surface area contributed by atoms with Gasteiger partial charge in [0.15, 0.2) is 0 Å². The van der Waals surface area contributed by atoms with Crippen molar-refractivity contribution in [1.29, 1.82) is 0 Å². The maximum absolute atomic E-state index is 11.7. The molecule has 2 heterocycles. The van der Waals surface area contributed by atoms with Crippen LogP contribution in [0.1, 0.15) is 49.1 Å². The summed E-state index contributed by atoms with van der Waals surface area (Å²) < 4.78 is 0. The SMILES string of the molecule is CC1CCCCC1N1CCc2sccc2C1C(=O)O. The highest BCUT2D eigenvalue weighted by molar-refractivity contribution is 7.10. The summed E-state index contributed by atoms with van der Waals surface area (Å²) in [6.07, 6.45) is 5.95. The minimum atomic E-state index is -0.683. The first-order valence-corrected chi connectivity index (χ1v) is 8.11. The van der Waals surface area contributed by atoms with Gasteiger partial charge in [0, 0.05) is 17.5 Å². The maximum Gasteiger partial charge on any atom is 0.325 e. The van der Waals surface area contributed by atoms with Gasteiger partial charge in [0.2, 0.25) is 0 Å². The zero-order chi connectivity index (χ0) is 13.4. The predicted molar refractivity (Wildman–Crippen MR) is 76.5 cm³/mol. The average Bonchev–Trinajstić information content (AvgIpc) is 2.86. The van der Waals surface area contributed by atoms with Crippen LogP contribution in [-0.4, -0.2) is 28.6 Å². The van der Waals surface area contributed by atoms with Gasteiger partial charge in [-0.1, -0.05) is 19.8 Å². The van der Waals surface area contributed by atoms with Crippen LogP contribution in [-0.2, 0) is 11.2 Å². The zero-order valence-electron chi connectivity index (χ0n) is 11.3. The van der Waals surface area contributed by atoms with Crippen LogP contribution in [0.15, 0.2) is 11.4 Å². The van der Waals surface area contributed by atoms with Crippen LogP contribution in [0, 0.1) is 5.92 Å². The summed E-state index contributed by atoms with van der Waals surface area (Å²) in [5.74, 6) is -0.0621. The fourth-order valence-electron chi connectivity index (χ4n) is 3.76. The van der Waals surface area contributed by atoms with Crippen molar-refractivity contribution >= 4 is 17.3 Å². The molecule has 0 amide bonds. The minimum Gasteiger partial charge on any atom is -0.480 e. The van der Waals surface area contributed by atoms with Crippen LogP contribution in [0.3, 0.4) is 0 Å². The summed E-state index contributed by atoms with van der Waals surface area (Å²) in [5.41, 5.74) is 1.04. The Morgan fingerprint density at radius 3 is 2.95 bits per heavy atom. The normalized spacial score (nSPS) is 31.9. The molecule has 104 valence electrons. The highest BCUT2D eigenvalue weighted by Crippen LogP contribution is 2.39. The summed E-state index contributed by atoms with van der Waals surface area (Å²) in [4.78, 5) is 15.3. The molecule has 0 bridgehead atoms. The molecule has 3 nitrogen and oxygen atoms in total. The van der Waals surface area contributed by atoms with Gasteiger partial charge in [0.05, 0.1) is 0 Å². The molecule has 0 aromatic carbocycles. The van der Waals surface area contributed by atoms with Crippen molar-refractivity contribution in [1.82, 2.24) is 4.90 Å². The first kappa shape index (κ1) is 13.1. The quantitative estimate of drug-likeness (QED) is 0.903. The van der Waals surface area contributed by atoms with Crippen molar-refractivity contribution in [2.75, 3.05) is 6.54 Å². The van der Waals surface area contributed by atoms with Gasteiger partial charge in [0.1, 0.15) is 6.04 Å². The second-order valence-electron chi connectivity index (χ2n) is 5.86. The van der Waals surface area contributed by atoms with Gasteiger partial charge in [-0.05, 0) is 42.2 Å². The summed E-state index contributed by atoms with van der Waals surface area (Å²) in [6, 6.07) is 2.04. The number of hydrogen-bond donors (Lipinski definition) is 1. The molecule has 1 aliphatic carbocycles. The van der Waals surface area contributed by atoms with Gasteiger partial charge in [-0.15, -0.1) is 11.3 Å². The first-order valence-electron chi connectivity index (χ1n) is 7.23. The van der Waals surface area contributed by atoms with E-state index in [1.807, 2.05) is 11.4 Å². The third kappa shape index (κ3) is 2.32. The largest absolute Gasteiger partial charge is 0.480 e. The molecular formula is C15H21NO2S. The van der Waals surface area contributed by atoms with E-state index in [-0.39, 0.29) is 0 Å². The number of thiophene rings is 1. The standard InChI is InChI=1S/C15H21NO2S/c1-10-4-2-3-5-12(10)16-8-6-13-11(7-9-19-13)14(16)15(17)18/h7,9-10,12,14H,2-6,8H2,1H3,(H,17,18). The number of fused-ring (bicyclic) bond motifs is 1. The molecule has 19 heavy (non-hydrogen) atoms. The number of carboxylic acids is 1. The molecule has 0 saturated heterocycles. The van der Waals surface area contributed by atoms with E-state index in [9.17, 15) is 9.90 Å². The summed E-state index contributed by atoms with van der Waals surface area (Å²) >= 11 is 1.71. The average molecular weight is 279 g/mol. The Balaban J connectivity index is 1.91. The molecule has 4 heteroatoms. The molecule has 1 saturated carbocycles. The van der Waals surface area contributed by atoms with Crippen LogP contribution in [0.5, 0.6) is 0 Å². The van der Waals surface area contributed by atoms with Crippen LogP contribution < -0.4 is 0 Å². The Hall–Kier alpha value is -0.870. The topological polar surface area (TPSA) is 40.5 Å². The van der Waals surface area contributed by atoms with E-state index in [2.05, 4.69) is 11.8 Å². The predicted octanol–water partition coefficient (Wildman–Crippen LogP) is 3.31. The van der Waals surface area contributed by atoms with Gasteiger partial charge in [0.25, 0.3) is 0 Å². The maximum atomic E-state index is 11.7. The molecule has 3 atom stereocenters. The van der Waals surface area contributed by atoms with Crippen LogP contribution >= 0.6 is 11.3 Å². The van der Waals surface area contributed by atoms with Gasteiger partial charge in [-0.3, -0.25) is 9.69 Å². The Bertz CT molecular complexity index is 470. The van der Waals surface area contributed by atoms with E-state index in [4.69, 9.17) is 0 Å². The van der Waals surface area contributed by atoms with E-state index in [1.54, 1.807) is 11.3 Å². The summed E-state index contributed by atoms with van der Waals surface area (Å²) in [6.45, 7) is 3.19. The van der Waals surface area contributed by atoms with E-state index >= 15 is 0 Å². The van der Waals surface area contributed by atoms with Gasteiger partial charge in [-0.25, -0.2) is 0 Å². The van der Waals surface area contributed by atoms with Crippen LogP contribution in [0.4, 0.5) is 0 Å². The molecule has 1 aliphatic heterocycles. The molecule has 1 aromatic rings. The van der Waals surface area contributed by atoms with Gasteiger partial charge >= 0.3 is 5.97 Å². The Morgan fingerprint density at radius 2 is 2.21 bits per heavy atom. The monoisotopic (exact) mass is 279 g/mol. The van der Waals surface area contributed by atoms with Crippen molar-refractivity contribution in [3.63, 3.8) is 0 Å². The molecule has 3 rings (SSSR count). The summed E-state index contributed by atoms with van der Waals surface area (Å²) in [5, 5.41) is 11.7. The Labute approximate surface area is 118 Å². The second kappa shape index (κ2) is 5.25. The number of rotatable bonds is 2. The van der Waals surface area contributed by atoms with Gasteiger partial charge in [-0.2, -0.15) is 0 Å². The number of carbonyl (C=O) groups is 1. The van der Waals surface area contributed by atoms with E-state index in [0.29, 0.717) is 12.0 Å². The highest BCUT2D eigenvalue weighted by atomic mass is 32.1. The van der Waals surface area contributed by atoms with E-state index < -0.39 is 12.0 Å². The number of carboxylic acid groups (broad SMARTS) is 1.